The minimum Gasteiger partial charge on any atom is -0.346 e. The summed E-state index contributed by atoms with van der Waals surface area (Å²) >= 11 is 0. The molecule has 0 radical (unpaired) electrons. The minimum atomic E-state index is -0.731. The van der Waals surface area contributed by atoms with Gasteiger partial charge in [0, 0.05) is 29.5 Å². The van der Waals surface area contributed by atoms with E-state index in [0.717, 1.165) is 38.9 Å². The van der Waals surface area contributed by atoms with Crippen LogP contribution >= 0.6 is 0 Å². The summed E-state index contributed by atoms with van der Waals surface area (Å²) in [4.78, 5) is 25.7. The van der Waals surface area contributed by atoms with Crippen molar-refractivity contribution in [2.24, 2.45) is 5.92 Å². The fourth-order valence-electron chi connectivity index (χ4n) is 4.35. The SMILES string of the molecule is CC=C/C=C\C(=C/C)c1ccc(NC(=O)C(C)(c2ccc(-c3cnc4[nH]ccc4c3)cc2)C(C)C)nc1. The van der Waals surface area contributed by atoms with Crippen molar-refractivity contribution in [3.63, 3.8) is 0 Å². The Hall–Kier alpha value is -4.25. The molecule has 4 aromatic rings. The summed E-state index contributed by atoms with van der Waals surface area (Å²) in [6.45, 7) is 10.1. The van der Waals surface area contributed by atoms with Crippen LogP contribution in [0.2, 0.25) is 0 Å². The van der Waals surface area contributed by atoms with Gasteiger partial charge >= 0.3 is 0 Å². The number of fused-ring (bicyclic) bond motifs is 1. The van der Waals surface area contributed by atoms with Crippen molar-refractivity contribution in [3.8, 4) is 11.1 Å². The third-order valence-electron chi connectivity index (χ3n) is 7.07. The monoisotopic (exact) mass is 490 g/mol. The van der Waals surface area contributed by atoms with E-state index < -0.39 is 5.41 Å². The van der Waals surface area contributed by atoms with Crippen LogP contribution in [0.25, 0.3) is 27.7 Å². The number of carbonyl (C=O) groups excluding carboxylic acids is 1. The maximum Gasteiger partial charge on any atom is 0.236 e. The van der Waals surface area contributed by atoms with Gasteiger partial charge in [-0.05, 0) is 73.2 Å². The van der Waals surface area contributed by atoms with Crippen LogP contribution in [0.15, 0.2) is 97.5 Å². The Morgan fingerprint density at radius 3 is 2.41 bits per heavy atom. The molecule has 1 aromatic carbocycles. The van der Waals surface area contributed by atoms with Crippen LogP contribution in [0.3, 0.4) is 0 Å². The molecule has 3 aromatic heterocycles. The van der Waals surface area contributed by atoms with Gasteiger partial charge in [0.05, 0.1) is 5.41 Å². The van der Waals surface area contributed by atoms with Gasteiger partial charge in [0.25, 0.3) is 0 Å². The summed E-state index contributed by atoms with van der Waals surface area (Å²) < 4.78 is 0. The molecule has 5 heteroatoms. The fraction of sp³-hybridized carbons (Fsp3) is 0.219. The first-order valence-corrected chi connectivity index (χ1v) is 12.6. The molecule has 0 saturated heterocycles. The second-order valence-electron chi connectivity index (χ2n) is 9.59. The molecular formula is C32H34N4O. The van der Waals surface area contributed by atoms with Gasteiger partial charge in [0.15, 0.2) is 0 Å². The summed E-state index contributed by atoms with van der Waals surface area (Å²) in [7, 11) is 0. The van der Waals surface area contributed by atoms with Gasteiger partial charge in [-0.3, -0.25) is 4.79 Å². The molecule has 3 heterocycles. The quantitative estimate of drug-likeness (QED) is 0.248. The van der Waals surface area contributed by atoms with Crippen molar-refractivity contribution < 1.29 is 4.79 Å². The third kappa shape index (κ3) is 5.46. The maximum absolute atomic E-state index is 13.6. The Morgan fingerprint density at radius 2 is 1.76 bits per heavy atom. The van der Waals surface area contributed by atoms with Crippen LogP contribution in [0, 0.1) is 5.92 Å². The van der Waals surface area contributed by atoms with Gasteiger partial charge in [-0.1, -0.05) is 68.5 Å². The molecule has 0 aliphatic carbocycles. The van der Waals surface area contributed by atoms with Crippen molar-refractivity contribution in [2.45, 2.75) is 40.0 Å². The number of aromatic amines is 1. The predicted molar refractivity (Wildman–Crippen MR) is 154 cm³/mol. The number of nitrogens with zero attached hydrogens (tertiary/aromatic N) is 2. The molecule has 0 saturated carbocycles. The lowest BCUT2D eigenvalue weighted by Crippen LogP contribution is -2.42. The molecule has 1 amide bonds. The van der Waals surface area contributed by atoms with E-state index in [-0.39, 0.29) is 11.8 Å². The van der Waals surface area contributed by atoms with Crippen molar-refractivity contribution >= 4 is 28.3 Å². The molecule has 4 rings (SSSR count). The minimum absolute atomic E-state index is 0.0712. The van der Waals surface area contributed by atoms with Crippen LogP contribution < -0.4 is 5.32 Å². The average Bonchev–Trinajstić information content (AvgIpc) is 3.39. The summed E-state index contributed by atoms with van der Waals surface area (Å²) in [5.74, 6) is 0.531. The first kappa shape index (κ1) is 25.8. The molecule has 0 bridgehead atoms. The highest BCUT2D eigenvalue weighted by Crippen LogP contribution is 2.35. The van der Waals surface area contributed by atoms with E-state index >= 15 is 0 Å². The Morgan fingerprint density at radius 1 is 0.973 bits per heavy atom. The predicted octanol–water partition coefficient (Wildman–Crippen LogP) is 7.71. The van der Waals surface area contributed by atoms with Crippen molar-refractivity contribution in [1.82, 2.24) is 15.0 Å². The van der Waals surface area contributed by atoms with E-state index in [1.165, 1.54) is 0 Å². The highest BCUT2D eigenvalue weighted by Gasteiger charge is 2.38. The molecule has 37 heavy (non-hydrogen) atoms. The number of allylic oxidation sites excluding steroid dienone is 6. The number of rotatable bonds is 8. The van der Waals surface area contributed by atoms with E-state index in [0.29, 0.717) is 5.82 Å². The second kappa shape index (κ2) is 11.2. The largest absolute Gasteiger partial charge is 0.346 e. The zero-order chi connectivity index (χ0) is 26.4. The third-order valence-corrected chi connectivity index (χ3v) is 7.07. The van der Waals surface area contributed by atoms with E-state index in [2.05, 4.69) is 52.3 Å². The number of benzene rings is 1. The van der Waals surface area contributed by atoms with Crippen LogP contribution in [-0.4, -0.2) is 20.9 Å². The lowest BCUT2D eigenvalue weighted by Gasteiger charge is -2.33. The van der Waals surface area contributed by atoms with E-state index in [1.54, 1.807) is 6.20 Å². The van der Waals surface area contributed by atoms with Crippen molar-refractivity contribution in [2.75, 3.05) is 5.32 Å². The van der Waals surface area contributed by atoms with Crippen LogP contribution in [0.4, 0.5) is 5.82 Å². The fourth-order valence-corrected chi connectivity index (χ4v) is 4.35. The van der Waals surface area contributed by atoms with Gasteiger partial charge in [-0.2, -0.15) is 0 Å². The van der Waals surface area contributed by atoms with Gasteiger partial charge in [-0.15, -0.1) is 0 Å². The lowest BCUT2D eigenvalue weighted by atomic mass is 9.72. The molecule has 188 valence electrons. The number of anilines is 1. The number of hydrogen-bond donors (Lipinski definition) is 2. The Bertz CT molecular complexity index is 1460. The average molecular weight is 491 g/mol. The maximum atomic E-state index is 13.6. The molecular weight excluding hydrogens is 456 g/mol. The number of carbonyl (C=O) groups is 1. The Balaban J connectivity index is 1.54. The number of aromatic nitrogens is 3. The molecule has 1 atom stereocenters. The zero-order valence-corrected chi connectivity index (χ0v) is 22.1. The van der Waals surface area contributed by atoms with Gasteiger partial charge in [0.1, 0.15) is 11.5 Å². The molecule has 5 nitrogen and oxygen atoms in total. The van der Waals surface area contributed by atoms with Crippen LogP contribution in [0.5, 0.6) is 0 Å². The molecule has 1 unspecified atom stereocenters. The van der Waals surface area contributed by atoms with Crippen molar-refractivity contribution in [1.29, 1.82) is 0 Å². The van der Waals surface area contributed by atoms with E-state index in [4.69, 9.17) is 0 Å². The number of hydrogen-bond acceptors (Lipinski definition) is 3. The van der Waals surface area contributed by atoms with Gasteiger partial charge in [-0.25, -0.2) is 9.97 Å². The van der Waals surface area contributed by atoms with Crippen LogP contribution in [0.1, 0.15) is 45.7 Å². The summed E-state index contributed by atoms with van der Waals surface area (Å²) in [5.41, 5.74) is 5.27. The lowest BCUT2D eigenvalue weighted by molar-refractivity contribution is -0.122. The smallest absolute Gasteiger partial charge is 0.236 e. The highest BCUT2D eigenvalue weighted by atomic mass is 16.2. The Kier molecular flexibility index (Phi) is 7.83. The molecule has 0 aliphatic rings. The van der Waals surface area contributed by atoms with Gasteiger partial charge < -0.3 is 10.3 Å². The Labute approximate surface area is 219 Å². The standard InChI is InChI=1S/C32H34N4O/c1-6-8-9-10-23(7-2)26-13-16-29(34-20-26)36-31(37)32(5,22(3)4)28-14-11-24(12-15-28)27-19-25-17-18-33-30(25)35-21-27/h6-22H,1-5H3,(H,33,35)(H,34,36,37)/b8-6?,10-9-,23-7+. The van der Waals surface area contributed by atoms with Gasteiger partial charge in [0.2, 0.25) is 5.91 Å². The zero-order valence-electron chi connectivity index (χ0n) is 22.1. The first-order valence-electron chi connectivity index (χ1n) is 12.6. The second-order valence-corrected chi connectivity index (χ2v) is 9.59. The summed E-state index contributed by atoms with van der Waals surface area (Å²) in [6.07, 6.45) is 15.6. The molecule has 0 fully saturated rings. The normalized spacial score (nSPS) is 14.1. The summed E-state index contributed by atoms with van der Waals surface area (Å²) in [5, 5.41) is 4.12. The van der Waals surface area contributed by atoms with E-state index in [9.17, 15) is 4.79 Å². The number of amides is 1. The number of H-pyrrole nitrogens is 1. The van der Waals surface area contributed by atoms with Crippen LogP contribution in [-0.2, 0) is 10.2 Å². The topological polar surface area (TPSA) is 70.7 Å². The van der Waals surface area contributed by atoms with Crippen molar-refractivity contribution in [3.05, 3.63) is 109 Å². The highest BCUT2D eigenvalue weighted by molar-refractivity contribution is 5.98. The number of pyridine rings is 2. The molecule has 0 spiro atoms. The first-order chi connectivity index (χ1) is 17.9. The van der Waals surface area contributed by atoms with E-state index in [1.807, 2.05) is 93.9 Å². The molecule has 2 N–H and O–H groups in total. The molecule has 0 aliphatic heterocycles. The summed E-state index contributed by atoms with van der Waals surface area (Å²) in [6, 6.07) is 16.2. The number of nitrogens with one attached hydrogen (secondary N) is 2.